The van der Waals surface area contributed by atoms with Gasteiger partial charge in [-0.15, -0.1) is 0 Å². The molecule has 1 heterocycles. The molecule has 0 bridgehead atoms. The Morgan fingerprint density at radius 2 is 2.00 bits per heavy atom. The summed E-state index contributed by atoms with van der Waals surface area (Å²) in [6.07, 6.45) is 0. The van der Waals surface area contributed by atoms with E-state index in [1.807, 2.05) is 19.0 Å². The Morgan fingerprint density at radius 1 is 1.29 bits per heavy atom. The van der Waals surface area contributed by atoms with Gasteiger partial charge in [0.05, 0.1) is 4.47 Å². The minimum atomic E-state index is -0.645. The molecule has 1 N–H and O–H groups in total. The Hall–Kier alpha value is -1.18. The van der Waals surface area contributed by atoms with Gasteiger partial charge < -0.3 is 14.6 Å². The molecule has 7 heteroatoms. The van der Waals surface area contributed by atoms with Crippen molar-refractivity contribution in [1.82, 2.24) is 10.2 Å². The molecular formula is C14H14Br2N2O3. The van der Waals surface area contributed by atoms with Gasteiger partial charge in [-0.2, -0.15) is 0 Å². The fraction of sp³-hybridized carbons (Fsp3) is 0.286. The first-order valence-corrected chi connectivity index (χ1v) is 7.83. The second kappa shape index (κ2) is 6.72. The van der Waals surface area contributed by atoms with Crippen molar-refractivity contribution < 1.29 is 9.21 Å². The molecule has 1 aromatic carbocycles. The Kier molecular flexibility index (Phi) is 5.18. The van der Waals surface area contributed by atoms with E-state index in [1.54, 1.807) is 18.2 Å². The number of nitrogens with zero attached hydrogens (tertiary/aromatic N) is 1. The van der Waals surface area contributed by atoms with Crippen LogP contribution in [0.25, 0.3) is 11.0 Å². The van der Waals surface area contributed by atoms with E-state index < -0.39 is 11.5 Å². The second-order valence-electron chi connectivity index (χ2n) is 4.81. The molecule has 2 rings (SSSR count). The third-order valence-corrected chi connectivity index (χ3v) is 3.89. The highest BCUT2D eigenvalue weighted by Crippen LogP contribution is 2.27. The summed E-state index contributed by atoms with van der Waals surface area (Å²) in [6, 6.07) is 5.11. The largest absolute Gasteiger partial charge is 0.421 e. The zero-order valence-electron chi connectivity index (χ0n) is 11.6. The molecule has 0 radical (unpaired) electrons. The van der Waals surface area contributed by atoms with Gasteiger partial charge in [0.15, 0.2) is 5.58 Å². The predicted octanol–water partition coefficient (Wildman–Crippen LogP) is 2.61. The number of carbonyl (C=O) groups excluding carboxylic acids is 1. The van der Waals surface area contributed by atoms with Crippen molar-refractivity contribution in [1.29, 1.82) is 0 Å². The van der Waals surface area contributed by atoms with E-state index in [2.05, 4.69) is 37.2 Å². The van der Waals surface area contributed by atoms with Crippen LogP contribution in [0, 0.1) is 0 Å². The average Bonchev–Trinajstić information content (AvgIpc) is 2.38. The maximum absolute atomic E-state index is 12.0. The average molecular weight is 418 g/mol. The molecule has 0 unspecified atom stereocenters. The van der Waals surface area contributed by atoms with Crippen LogP contribution < -0.4 is 10.9 Å². The van der Waals surface area contributed by atoms with Gasteiger partial charge in [-0.25, -0.2) is 4.79 Å². The molecule has 0 aliphatic rings. The Morgan fingerprint density at radius 3 is 2.67 bits per heavy atom. The Balaban J connectivity index is 2.34. The Bertz CT molecular complexity index is 741. The lowest BCUT2D eigenvalue weighted by Gasteiger charge is -2.10. The molecule has 21 heavy (non-hydrogen) atoms. The van der Waals surface area contributed by atoms with Crippen LogP contribution in [0.3, 0.4) is 0 Å². The zero-order chi connectivity index (χ0) is 15.6. The molecule has 0 fully saturated rings. The molecule has 2 aromatic rings. The van der Waals surface area contributed by atoms with Gasteiger partial charge >= 0.3 is 5.63 Å². The van der Waals surface area contributed by atoms with Crippen LogP contribution >= 0.6 is 31.9 Å². The number of likely N-dealkylation sites (N-methyl/N-ethyl adjacent to an activating group) is 1. The van der Waals surface area contributed by atoms with Crippen molar-refractivity contribution in [3.8, 4) is 0 Å². The molecule has 0 saturated heterocycles. The van der Waals surface area contributed by atoms with E-state index in [0.717, 1.165) is 4.47 Å². The standard InChI is InChI=1S/C14H14Br2N2O3/c1-18(2)4-3-17-13(19)10-6-8-5-9(15)7-11(16)12(8)21-14(10)20/h5-7H,3-4H2,1-2H3,(H,17,19). The lowest BCUT2D eigenvalue weighted by Crippen LogP contribution is -2.33. The monoisotopic (exact) mass is 416 g/mol. The number of halogens is 2. The van der Waals surface area contributed by atoms with Crippen molar-refractivity contribution in [2.24, 2.45) is 0 Å². The molecule has 1 aromatic heterocycles. The molecule has 0 aliphatic heterocycles. The van der Waals surface area contributed by atoms with Crippen LogP contribution in [0.1, 0.15) is 10.4 Å². The highest BCUT2D eigenvalue weighted by molar-refractivity contribution is 9.11. The van der Waals surface area contributed by atoms with E-state index in [4.69, 9.17) is 4.42 Å². The fourth-order valence-electron chi connectivity index (χ4n) is 1.80. The van der Waals surface area contributed by atoms with Crippen LogP contribution in [0.2, 0.25) is 0 Å². The van der Waals surface area contributed by atoms with Gasteiger partial charge in [0.2, 0.25) is 0 Å². The van der Waals surface area contributed by atoms with Crippen molar-refractivity contribution in [2.75, 3.05) is 27.2 Å². The van der Waals surface area contributed by atoms with E-state index >= 15 is 0 Å². The number of nitrogens with one attached hydrogen (secondary N) is 1. The van der Waals surface area contributed by atoms with Gasteiger partial charge in [-0.1, -0.05) is 15.9 Å². The van der Waals surface area contributed by atoms with Crippen molar-refractivity contribution in [3.05, 3.63) is 43.1 Å². The second-order valence-corrected chi connectivity index (χ2v) is 6.58. The smallest absolute Gasteiger partial charge is 0.349 e. The number of fused-ring (bicyclic) bond motifs is 1. The van der Waals surface area contributed by atoms with Gasteiger partial charge in [-0.05, 0) is 48.2 Å². The molecule has 0 spiro atoms. The third-order valence-electron chi connectivity index (χ3n) is 2.84. The minimum Gasteiger partial charge on any atom is -0.421 e. The van der Waals surface area contributed by atoms with Crippen LogP contribution in [0.5, 0.6) is 0 Å². The first-order chi connectivity index (χ1) is 9.88. The van der Waals surface area contributed by atoms with E-state index in [-0.39, 0.29) is 5.56 Å². The fourth-order valence-corrected chi connectivity index (χ4v) is 3.14. The van der Waals surface area contributed by atoms with E-state index in [0.29, 0.717) is 28.5 Å². The number of hydrogen-bond acceptors (Lipinski definition) is 4. The quantitative estimate of drug-likeness (QED) is 0.776. The van der Waals surface area contributed by atoms with Crippen LogP contribution in [-0.4, -0.2) is 38.0 Å². The van der Waals surface area contributed by atoms with Gasteiger partial charge in [0.25, 0.3) is 5.91 Å². The topological polar surface area (TPSA) is 62.6 Å². The van der Waals surface area contributed by atoms with Crippen LogP contribution in [0.4, 0.5) is 0 Å². The maximum atomic E-state index is 12.0. The molecule has 0 aliphatic carbocycles. The summed E-state index contributed by atoms with van der Waals surface area (Å²) in [5.74, 6) is -0.427. The highest BCUT2D eigenvalue weighted by Gasteiger charge is 2.15. The lowest BCUT2D eigenvalue weighted by molar-refractivity contribution is 0.0947. The molecule has 5 nitrogen and oxygen atoms in total. The zero-order valence-corrected chi connectivity index (χ0v) is 14.7. The van der Waals surface area contributed by atoms with Crippen LogP contribution in [0.15, 0.2) is 36.4 Å². The van der Waals surface area contributed by atoms with Gasteiger partial charge in [0.1, 0.15) is 5.56 Å². The predicted molar refractivity (Wildman–Crippen MR) is 88.8 cm³/mol. The molecular weight excluding hydrogens is 404 g/mol. The summed E-state index contributed by atoms with van der Waals surface area (Å²) >= 11 is 6.70. The lowest BCUT2D eigenvalue weighted by atomic mass is 10.2. The highest BCUT2D eigenvalue weighted by atomic mass is 79.9. The summed E-state index contributed by atoms with van der Waals surface area (Å²) in [6.45, 7) is 1.16. The summed E-state index contributed by atoms with van der Waals surface area (Å²) < 4.78 is 6.72. The van der Waals surface area contributed by atoms with Crippen molar-refractivity contribution in [2.45, 2.75) is 0 Å². The van der Waals surface area contributed by atoms with E-state index in [9.17, 15) is 9.59 Å². The number of carbonyl (C=O) groups is 1. The number of amides is 1. The van der Waals surface area contributed by atoms with Crippen molar-refractivity contribution >= 4 is 48.7 Å². The summed E-state index contributed by atoms with van der Waals surface area (Å²) in [4.78, 5) is 25.9. The molecule has 0 atom stereocenters. The SMILES string of the molecule is CN(C)CCNC(=O)c1cc2cc(Br)cc(Br)c2oc1=O. The van der Waals surface area contributed by atoms with Gasteiger partial charge in [-0.3, -0.25) is 4.79 Å². The Labute approximate surface area is 138 Å². The maximum Gasteiger partial charge on any atom is 0.349 e. The summed E-state index contributed by atoms with van der Waals surface area (Å²) in [5.41, 5.74) is -0.216. The van der Waals surface area contributed by atoms with Gasteiger partial charge in [0, 0.05) is 22.9 Å². The summed E-state index contributed by atoms with van der Waals surface area (Å²) in [7, 11) is 3.82. The number of rotatable bonds is 4. The first-order valence-electron chi connectivity index (χ1n) is 6.24. The van der Waals surface area contributed by atoms with Crippen LogP contribution in [-0.2, 0) is 0 Å². The van der Waals surface area contributed by atoms with Crippen molar-refractivity contribution in [3.63, 3.8) is 0 Å². The summed E-state index contributed by atoms with van der Waals surface area (Å²) in [5, 5.41) is 3.38. The normalized spacial score (nSPS) is 11.1. The third kappa shape index (κ3) is 3.93. The number of hydrogen-bond donors (Lipinski definition) is 1. The number of benzene rings is 1. The first kappa shape index (κ1) is 16.2. The minimum absolute atomic E-state index is 0.00579. The molecule has 1 amide bonds. The molecule has 0 saturated carbocycles. The molecule has 112 valence electrons. The van der Waals surface area contributed by atoms with E-state index in [1.165, 1.54) is 0 Å².